The van der Waals surface area contributed by atoms with Gasteiger partial charge in [0.15, 0.2) is 0 Å². The molecule has 0 aliphatic rings. The van der Waals surface area contributed by atoms with Gasteiger partial charge in [-0.05, 0) is 50.8 Å². The van der Waals surface area contributed by atoms with E-state index in [1.807, 2.05) is 0 Å². The largest absolute Gasteiger partial charge is 0.381 e. The van der Waals surface area contributed by atoms with E-state index in [-0.39, 0.29) is 0 Å². The molecule has 108 valence electrons. The molecule has 0 amide bonds. The van der Waals surface area contributed by atoms with Crippen LogP contribution in [0.15, 0.2) is 18.2 Å². The summed E-state index contributed by atoms with van der Waals surface area (Å²) >= 11 is 0. The number of ether oxygens (including phenoxy) is 1. The lowest BCUT2D eigenvalue weighted by Crippen LogP contribution is -2.24. The molecule has 0 spiro atoms. The van der Waals surface area contributed by atoms with Gasteiger partial charge in [-0.2, -0.15) is 0 Å². The predicted octanol–water partition coefficient (Wildman–Crippen LogP) is 4.16. The predicted molar refractivity (Wildman–Crippen MR) is 82.7 cm³/mol. The van der Waals surface area contributed by atoms with Crippen LogP contribution in [0.1, 0.15) is 55.8 Å². The van der Waals surface area contributed by atoms with Crippen LogP contribution >= 0.6 is 0 Å². The van der Waals surface area contributed by atoms with Gasteiger partial charge in [-0.3, -0.25) is 0 Å². The standard InChI is InChI=1S/C17H29NO/c1-5-10-18-17(9-12-19-11-6-2)16-8-7-14(3)13-15(16)4/h7-8,13,17-18H,5-6,9-12H2,1-4H3. The highest BCUT2D eigenvalue weighted by atomic mass is 16.5. The van der Waals surface area contributed by atoms with E-state index < -0.39 is 0 Å². The van der Waals surface area contributed by atoms with Crippen LogP contribution in [0.4, 0.5) is 0 Å². The molecule has 0 aromatic heterocycles. The number of rotatable bonds is 9. The van der Waals surface area contributed by atoms with Crippen molar-refractivity contribution in [3.63, 3.8) is 0 Å². The number of benzene rings is 1. The van der Waals surface area contributed by atoms with Crippen molar-refractivity contribution in [1.82, 2.24) is 5.32 Å². The Labute approximate surface area is 118 Å². The third-order valence-electron chi connectivity index (χ3n) is 3.34. The highest BCUT2D eigenvalue weighted by molar-refractivity contribution is 5.32. The Morgan fingerprint density at radius 3 is 2.53 bits per heavy atom. The number of nitrogens with one attached hydrogen (secondary N) is 1. The van der Waals surface area contributed by atoms with E-state index in [9.17, 15) is 0 Å². The lowest BCUT2D eigenvalue weighted by Gasteiger charge is -2.21. The Kier molecular flexibility index (Phi) is 7.76. The Morgan fingerprint density at radius 2 is 1.89 bits per heavy atom. The van der Waals surface area contributed by atoms with E-state index in [1.165, 1.54) is 16.7 Å². The van der Waals surface area contributed by atoms with Gasteiger partial charge >= 0.3 is 0 Å². The van der Waals surface area contributed by atoms with E-state index >= 15 is 0 Å². The normalized spacial score (nSPS) is 12.6. The van der Waals surface area contributed by atoms with Gasteiger partial charge < -0.3 is 10.1 Å². The molecular weight excluding hydrogens is 234 g/mol. The van der Waals surface area contributed by atoms with Crippen LogP contribution in [0.3, 0.4) is 0 Å². The summed E-state index contributed by atoms with van der Waals surface area (Å²) in [5, 5.41) is 3.64. The van der Waals surface area contributed by atoms with Crippen LogP contribution in [0.25, 0.3) is 0 Å². The molecule has 0 saturated heterocycles. The van der Waals surface area contributed by atoms with Gasteiger partial charge in [-0.1, -0.05) is 37.6 Å². The highest BCUT2D eigenvalue weighted by Gasteiger charge is 2.12. The quantitative estimate of drug-likeness (QED) is 0.675. The van der Waals surface area contributed by atoms with Crippen molar-refractivity contribution in [2.24, 2.45) is 0 Å². The van der Waals surface area contributed by atoms with Gasteiger partial charge in [-0.25, -0.2) is 0 Å². The van der Waals surface area contributed by atoms with Gasteiger partial charge in [0, 0.05) is 19.3 Å². The van der Waals surface area contributed by atoms with Crippen molar-refractivity contribution in [2.75, 3.05) is 19.8 Å². The van der Waals surface area contributed by atoms with Crippen molar-refractivity contribution in [1.29, 1.82) is 0 Å². The molecule has 0 heterocycles. The summed E-state index contributed by atoms with van der Waals surface area (Å²) in [7, 11) is 0. The lowest BCUT2D eigenvalue weighted by molar-refractivity contribution is 0.124. The molecule has 1 unspecified atom stereocenters. The smallest absolute Gasteiger partial charge is 0.0484 e. The molecule has 0 fully saturated rings. The second-order valence-electron chi connectivity index (χ2n) is 5.27. The molecule has 1 N–H and O–H groups in total. The maximum atomic E-state index is 5.64. The first-order chi connectivity index (χ1) is 9.19. The molecule has 0 saturated carbocycles. The molecule has 1 aromatic rings. The van der Waals surface area contributed by atoms with Gasteiger partial charge in [0.1, 0.15) is 0 Å². The number of aryl methyl sites for hydroxylation is 2. The lowest BCUT2D eigenvalue weighted by atomic mass is 9.97. The zero-order valence-electron chi connectivity index (χ0n) is 13.0. The summed E-state index contributed by atoms with van der Waals surface area (Å²) in [5.41, 5.74) is 4.13. The second-order valence-corrected chi connectivity index (χ2v) is 5.27. The summed E-state index contributed by atoms with van der Waals surface area (Å²) in [6, 6.07) is 7.15. The van der Waals surface area contributed by atoms with E-state index in [0.29, 0.717) is 6.04 Å². The third kappa shape index (κ3) is 5.75. The highest BCUT2D eigenvalue weighted by Crippen LogP contribution is 2.22. The van der Waals surface area contributed by atoms with Gasteiger partial charge in [0.25, 0.3) is 0 Å². The van der Waals surface area contributed by atoms with Gasteiger partial charge in [0.2, 0.25) is 0 Å². The molecule has 19 heavy (non-hydrogen) atoms. The molecule has 1 rings (SSSR count). The summed E-state index contributed by atoms with van der Waals surface area (Å²) in [5.74, 6) is 0. The number of hydrogen-bond acceptors (Lipinski definition) is 2. The molecule has 0 radical (unpaired) electrons. The van der Waals surface area contributed by atoms with E-state index in [4.69, 9.17) is 4.74 Å². The first-order valence-electron chi connectivity index (χ1n) is 7.57. The van der Waals surface area contributed by atoms with E-state index in [1.54, 1.807) is 0 Å². The van der Waals surface area contributed by atoms with Gasteiger partial charge in [0.05, 0.1) is 0 Å². The first-order valence-corrected chi connectivity index (χ1v) is 7.57. The average molecular weight is 263 g/mol. The minimum Gasteiger partial charge on any atom is -0.381 e. The van der Waals surface area contributed by atoms with Crippen LogP contribution in [-0.2, 0) is 4.74 Å². The monoisotopic (exact) mass is 263 g/mol. The minimum atomic E-state index is 0.414. The molecule has 1 aromatic carbocycles. The summed E-state index contributed by atoms with van der Waals surface area (Å²) in [6.45, 7) is 11.5. The Balaban J connectivity index is 2.66. The maximum absolute atomic E-state index is 5.64. The number of hydrogen-bond donors (Lipinski definition) is 1. The summed E-state index contributed by atoms with van der Waals surface area (Å²) in [6.07, 6.45) is 3.30. The first kappa shape index (κ1) is 16.2. The molecule has 2 heteroatoms. The summed E-state index contributed by atoms with van der Waals surface area (Å²) < 4.78 is 5.64. The van der Waals surface area contributed by atoms with Crippen LogP contribution in [0.2, 0.25) is 0 Å². The second kappa shape index (κ2) is 9.11. The van der Waals surface area contributed by atoms with Crippen LogP contribution in [0.5, 0.6) is 0 Å². The molecular formula is C17H29NO. The van der Waals surface area contributed by atoms with Crippen molar-refractivity contribution >= 4 is 0 Å². The minimum absolute atomic E-state index is 0.414. The Morgan fingerprint density at radius 1 is 1.11 bits per heavy atom. The zero-order valence-corrected chi connectivity index (χ0v) is 13.0. The molecule has 2 nitrogen and oxygen atoms in total. The van der Waals surface area contributed by atoms with Crippen molar-refractivity contribution in [2.45, 2.75) is 53.0 Å². The van der Waals surface area contributed by atoms with Crippen LogP contribution in [0, 0.1) is 13.8 Å². The van der Waals surface area contributed by atoms with Crippen molar-refractivity contribution in [3.05, 3.63) is 34.9 Å². The zero-order chi connectivity index (χ0) is 14.1. The molecule has 1 atom stereocenters. The summed E-state index contributed by atoms with van der Waals surface area (Å²) in [4.78, 5) is 0. The molecule has 0 aliphatic carbocycles. The van der Waals surface area contributed by atoms with Crippen LogP contribution < -0.4 is 5.32 Å². The van der Waals surface area contributed by atoms with Crippen molar-refractivity contribution < 1.29 is 4.74 Å². The fourth-order valence-electron chi connectivity index (χ4n) is 2.35. The SMILES string of the molecule is CCCNC(CCOCCC)c1ccc(C)cc1C. The van der Waals surface area contributed by atoms with Crippen LogP contribution in [-0.4, -0.2) is 19.8 Å². The van der Waals surface area contributed by atoms with E-state index in [0.717, 1.165) is 39.0 Å². The van der Waals surface area contributed by atoms with Crippen molar-refractivity contribution in [3.8, 4) is 0 Å². The maximum Gasteiger partial charge on any atom is 0.0484 e. The fourth-order valence-corrected chi connectivity index (χ4v) is 2.35. The topological polar surface area (TPSA) is 21.3 Å². The molecule has 0 bridgehead atoms. The fraction of sp³-hybridized carbons (Fsp3) is 0.647. The third-order valence-corrected chi connectivity index (χ3v) is 3.34. The van der Waals surface area contributed by atoms with Gasteiger partial charge in [-0.15, -0.1) is 0 Å². The van der Waals surface area contributed by atoms with E-state index in [2.05, 4.69) is 51.2 Å². The Bertz CT molecular complexity index is 362. The Hall–Kier alpha value is -0.860. The molecule has 0 aliphatic heterocycles. The average Bonchev–Trinajstić information content (AvgIpc) is 2.39.